The fraction of sp³-hybridized carbons (Fsp3) is 0.636. The van der Waals surface area contributed by atoms with Crippen LogP contribution in [0, 0.1) is 5.92 Å². The molecule has 26 heavy (non-hydrogen) atoms. The molecule has 0 aliphatic heterocycles. The number of hydrogen-bond donors (Lipinski definition) is 0. The Hall–Kier alpha value is -1.84. The van der Waals surface area contributed by atoms with E-state index < -0.39 is 0 Å². The molecular formula is C22H34O4. The minimum Gasteiger partial charge on any atom is -0.423 e. The van der Waals surface area contributed by atoms with Crippen molar-refractivity contribution in [2.45, 2.75) is 85.0 Å². The first-order chi connectivity index (χ1) is 12.6. The number of hydrogen-bond acceptors (Lipinski definition) is 4. The molecule has 0 amide bonds. The summed E-state index contributed by atoms with van der Waals surface area (Å²) < 4.78 is 10.9. The van der Waals surface area contributed by atoms with Gasteiger partial charge in [-0.2, -0.15) is 0 Å². The third-order valence-electron chi connectivity index (χ3n) is 4.41. The van der Waals surface area contributed by atoms with Gasteiger partial charge in [-0.1, -0.05) is 77.8 Å². The minimum absolute atomic E-state index is 0.163. The van der Waals surface area contributed by atoms with Gasteiger partial charge in [0.1, 0.15) is 0 Å². The van der Waals surface area contributed by atoms with Crippen molar-refractivity contribution in [1.82, 2.24) is 0 Å². The van der Waals surface area contributed by atoms with Gasteiger partial charge in [0.2, 0.25) is 0 Å². The summed E-state index contributed by atoms with van der Waals surface area (Å²) >= 11 is 0. The molecule has 0 radical (unpaired) electrons. The number of para-hydroxylation sites is 2. The lowest BCUT2D eigenvalue weighted by Crippen LogP contribution is -2.18. The molecule has 0 bridgehead atoms. The van der Waals surface area contributed by atoms with Crippen LogP contribution in [0.5, 0.6) is 11.5 Å². The zero-order valence-electron chi connectivity index (χ0n) is 16.6. The van der Waals surface area contributed by atoms with Crippen molar-refractivity contribution in [2.24, 2.45) is 5.92 Å². The molecular weight excluding hydrogens is 328 g/mol. The molecule has 1 rings (SSSR count). The van der Waals surface area contributed by atoms with E-state index in [1.165, 1.54) is 12.8 Å². The van der Waals surface area contributed by atoms with Crippen LogP contribution in [0.4, 0.5) is 0 Å². The van der Waals surface area contributed by atoms with Gasteiger partial charge in [-0.25, -0.2) is 0 Å². The van der Waals surface area contributed by atoms with Crippen LogP contribution >= 0.6 is 0 Å². The summed E-state index contributed by atoms with van der Waals surface area (Å²) in [6.07, 6.45) is 9.85. The molecule has 0 aromatic heterocycles. The fourth-order valence-corrected chi connectivity index (χ4v) is 2.69. The Kier molecular flexibility index (Phi) is 11.4. The number of benzene rings is 1. The predicted molar refractivity (Wildman–Crippen MR) is 104 cm³/mol. The predicted octanol–water partition coefficient (Wildman–Crippen LogP) is 6.07. The number of esters is 2. The second-order valence-corrected chi connectivity index (χ2v) is 6.90. The topological polar surface area (TPSA) is 52.6 Å². The number of carbonyl (C=O) groups excluding carboxylic acids is 2. The molecule has 146 valence electrons. The van der Waals surface area contributed by atoms with Crippen molar-refractivity contribution in [1.29, 1.82) is 0 Å². The highest BCUT2D eigenvalue weighted by Gasteiger charge is 2.18. The van der Waals surface area contributed by atoms with Crippen LogP contribution in [0.2, 0.25) is 0 Å². The highest BCUT2D eigenvalue weighted by molar-refractivity contribution is 5.77. The van der Waals surface area contributed by atoms with Gasteiger partial charge in [0.25, 0.3) is 0 Å². The molecule has 4 nitrogen and oxygen atoms in total. The maximum atomic E-state index is 12.3. The normalized spacial score (nSPS) is 11.8. The average molecular weight is 363 g/mol. The summed E-state index contributed by atoms with van der Waals surface area (Å²) in [4.78, 5) is 24.3. The third kappa shape index (κ3) is 9.02. The zero-order chi connectivity index (χ0) is 19.2. The van der Waals surface area contributed by atoms with Crippen molar-refractivity contribution in [3.8, 4) is 11.5 Å². The molecule has 4 heteroatoms. The Morgan fingerprint density at radius 2 is 1.42 bits per heavy atom. The van der Waals surface area contributed by atoms with Crippen LogP contribution in [-0.2, 0) is 9.59 Å². The summed E-state index contributed by atoms with van der Waals surface area (Å²) in [5.41, 5.74) is 0. The monoisotopic (exact) mass is 362 g/mol. The van der Waals surface area contributed by atoms with Crippen LogP contribution in [0.15, 0.2) is 24.3 Å². The van der Waals surface area contributed by atoms with Crippen molar-refractivity contribution in [3.63, 3.8) is 0 Å². The Balaban J connectivity index is 2.50. The molecule has 1 unspecified atom stereocenters. The third-order valence-corrected chi connectivity index (χ3v) is 4.41. The maximum absolute atomic E-state index is 12.3. The van der Waals surface area contributed by atoms with Gasteiger partial charge in [0, 0.05) is 6.42 Å². The molecule has 0 saturated carbocycles. The Morgan fingerprint density at radius 3 is 2.08 bits per heavy atom. The molecule has 0 saturated heterocycles. The van der Waals surface area contributed by atoms with Crippen molar-refractivity contribution in [3.05, 3.63) is 24.3 Å². The standard InChI is InChI=1S/C22H34O4/c1-4-6-8-9-11-17-21(23)25-19-15-12-13-16-20(19)26-22(24)18(3)14-10-7-5-2/h12-13,15-16,18H,4-11,14,17H2,1-3H3. The van der Waals surface area contributed by atoms with Gasteiger partial charge >= 0.3 is 11.9 Å². The first-order valence-corrected chi connectivity index (χ1v) is 10.1. The molecule has 1 atom stereocenters. The van der Waals surface area contributed by atoms with E-state index in [1.54, 1.807) is 24.3 Å². The Morgan fingerprint density at radius 1 is 0.846 bits per heavy atom. The second-order valence-electron chi connectivity index (χ2n) is 6.90. The number of rotatable bonds is 13. The molecule has 1 aromatic rings. The van der Waals surface area contributed by atoms with Gasteiger partial charge in [-0.3, -0.25) is 9.59 Å². The Labute approximate surface area is 158 Å². The smallest absolute Gasteiger partial charge is 0.314 e. The molecule has 0 fully saturated rings. The van der Waals surface area contributed by atoms with Gasteiger partial charge < -0.3 is 9.47 Å². The van der Waals surface area contributed by atoms with E-state index in [1.807, 2.05) is 6.92 Å². The summed E-state index contributed by atoms with van der Waals surface area (Å²) in [6, 6.07) is 6.87. The quantitative estimate of drug-likeness (QED) is 0.243. The summed E-state index contributed by atoms with van der Waals surface area (Å²) in [5.74, 6) is -0.0756. The summed E-state index contributed by atoms with van der Waals surface area (Å²) in [7, 11) is 0. The average Bonchev–Trinajstić information content (AvgIpc) is 2.63. The van der Waals surface area contributed by atoms with E-state index >= 15 is 0 Å². The number of carbonyl (C=O) groups is 2. The zero-order valence-corrected chi connectivity index (χ0v) is 16.6. The minimum atomic E-state index is -0.277. The number of ether oxygens (including phenoxy) is 2. The van der Waals surface area contributed by atoms with Crippen molar-refractivity contribution in [2.75, 3.05) is 0 Å². The lowest BCUT2D eigenvalue weighted by Gasteiger charge is -2.13. The SMILES string of the molecule is CCCCCCCC(=O)Oc1ccccc1OC(=O)C(C)CCCCC. The molecule has 0 heterocycles. The van der Waals surface area contributed by atoms with E-state index in [2.05, 4.69) is 13.8 Å². The number of unbranched alkanes of at least 4 members (excludes halogenated alkanes) is 6. The molecule has 0 aliphatic rings. The molecule has 0 N–H and O–H groups in total. The van der Waals surface area contributed by atoms with Crippen molar-refractivity contribution < 1.29 is 19.1 Å². The molecule has 0 spiro atoms. The van der Waals surface area contributed by atoms with Gasteiger partial charge in [0.15, 0.2) is 11.5 Å². The van der Waals surface area contributed by atoms with Crippen LogP contribution in [0.1, 0.15) is 85.0 Å². The van der Waals surface area contributed by atoms with Crippen LogP contribution in [0.3, 0.4) is 0 Å². The lowest BCUT2D eigenvalue weighted by molar-refractivity contribution is -0.140. The molecule has 1 aromatic carbocycles. The van der Waals surface area contributed by atoms with Crippen LogP contribution in [-0.4, -0.2) is 11.9 Å². The lowest BCUT2D eigenvalue weighted by atomic mass is 10.0. The largest absolute Gasteiger partial charge is 0.423 e. The van der Waals surface area contributed by atoms with Crippen LogP contribution < -0.4 is 9.47 Å². The summed E-state index contributed by atoms with van der Waals surface area (Å²) in [5, 5.41) is 0. The Bertz CT molecular complexity index is 539. The highest BCUT2D eigenvalue weighted by atomic mass is 16.6. The highest BCUT2D eigenvalue weighted by Crippen LogP contribution is 2.28. The van der Waals surface area contributed by atoms with E-state index in [0.29, 0.717) is 17.9 Å². The van der Waals surface area contributed by atoms with Gasteiger partial charge in [0.05, 0.1) is 5.92 Å². The van der Waals surface area contributed by atoms with Gasteiger partial charge in [-0.15, -0.1) is 0 Å². The van der Waals surface area contributed by atoms with Crippen LogP contribution in [0.25, 0.3) is 0 Å². The van der Waals surface area contributed by atoms with E-state index in [9.17, 15) is 9.59 Å². The molecule has 0 aliphatic carbocycles. The first-order valence-electron chi connectivity index (χ1n) is 10.1. The maximum Gasteiger partial charge on any atom is 0.314 e. The van der Waals surface area contributed by atoms with E-state index in [-0.39, 0.29) is 17.9 Å². The van der Waals surface area contributed by atoms with Gasteiger partial charge in [-0.05, 0) is 25.0 Å². The van der Waals surface area contributed by atoms with E-state index in [0.717, 1.165) is 44.9 Å². The summed E-state index contributed by atoms with van der Waals surface area (Å²) in [6.45, 7) is 6.18. The van der Waals surface area contributed by atoms with E-state index in [4.69, 9.17) is 9.47 Å². The fourth-order valence-electron chi connectivity index (χ4n) is 2.69. The van der Waals surface area contributed by atoms with Crippen molar-refractivity contribution >= 4 is 11.9 Å². The second kappa shape index (κ2) is 13.4. The first kappa shape index (κ1) is 22.2.